The summed E-state index contributed by atoms with van der Waals surface area (Å²) in [4.78, 5) is 11.1. The van der Waals surface area contributed by atoms with E-state index in [0.29, 0.717) is 6.42 Å². The van der Waals surface area contributed by atoms with Crippen molar-refractivity contribution in [1.29, 1.82) is 0 Å². The van der Waals surface area contributed by atoms with Crippen LogP contribution in [0.1, 0.15) is 18.0 Å². The van der Waals surface area contributed by atoms with Crippen LogP contribution in [0.25, 0.3) is 0 Å². The molecular formula is C12H15NO2. The fraction of sp³-hybridized carbons (Fsp3) is 0.250. The number of alkyl carbamates (subject to hydrolysis) is 1. The smallest absolute Gasteiger partial charge is 0.407 e. The topological polar surface area (TPSA) is 38.3 Å². The second-order valence-corrected chi connectivity index (χ2v) is 3.12. The molecule has 0 aliphatic carbocycles. The lowest BCUT2D eigenvalue weighted by atomic mass is 10.0. The molecule has 0 spiro atoms. The van der Waals surface area contributed by atoms with Gasteiger partial charge in [-0.1, -0.05) is 36.4 Å². The van der Waals surface area contributed by atoms with Crippen molar-refractivity contribution in [3.05, 3.63) is 48.6 Å². The molecule has 0 bridgehead atoms. The Morgan fingerprint density at radius 1 is 1.53 bits per heavy atom. The normalized spacial score (nSPS) is 11.5. The molecule has 0 saturated carbocycles. The minimum Gasteiger partial charge on any atom is -0.453 e. The van der Waals surface area contributed by atoms with Crippen molar-refractivity contribution in [3.63, 3.8) is 0 Å². The van der Waals surface area contributed by atoms with Gasteiger partial charge >= 0.3 is 6.09 Å². The van der Waals surface area contributed by atoms with Crippen LogP contribution < -0.4 is 5.32 Å². The highest BCUT2D eigenvalue weighted by Gasteiger charge is 2.12. The molecule has 0 saturated heterocycles. The maximum Gasteiger partial charge on any atom is 0.407 e. The molecule has 0 aliphatic heterocycles. The Morgan fingerprint density at radius 2 is 2.20 bits per heavy atom. The summed E-state index contributed by atoms with van der Waals surface area (Å²) < 4.78 is 4.56. The molecule has 1 amide bonds. The molecule has 0 fully saturated rings. The first-order chi connectivity index (χ1) is 7.27. The predicted octanol–water partition coefficient (Wildman–Crippen LogP) is 2.66. The molecule has 0 aromatic heterocycles. The van der Waals surface area contributed by atoms with Gasteiger partial charge in [0.1, 0.15) is 0 Å². The molecule has 3 heteroatoms. The van der Waals surface area contributed by atoms with Crippen molar-refractivity contribution < 1.29 is 9.53 Å². The Labute approximate surface area is 89.8 Å². The van der Waals surface area contributed by atoms with Gasteiger partial charge in [0.25, 0.3) is 0 Å². The average Bonchev–Trinajstić information content (AvgIpc) is 2.29. The Morgan fingerprint density at radius 3 is 2.73 bits per heavy atom. The number of amides is 1. The predicted molar refractivity (Wildman–Crippen MR) is 59.5 cm³/mol. The van der Waals surface area contributed by atoms with Gasteiger partial charge in [-0.05, 0) is 12.0 Å². The molecule has 0 heterocycles. The van der Waals surface area contributed by atoms with Gasteiger partial charge in [0.2, 0.25) is 0 Å². The van der Waals surface area contributed by atoms with E-state index in [0.717, 1.165) is 5.56 Å². The highest BCUT2D eigenvalue weighted by Crippen LogP contribution is 2.16. The number of hydrogen-bond donors (Lipinski definition) is 1. The zero-order valence-electron chi connectivity index (χ0n) is 8.77. The minimum absolute atomic E-state index is 0.0730. The minimum atomic E-state index is -0.425. The Hall–Kier alpha value is -1.77. The fourth-order valence-electron chi connectivity index (χ4n) is 1.33. The Kier molecular flexibility index (Phi) is 4.41. The third-order valence-electron chi connectivity index (χ3n) is 2.08. The zero-order chi connectivity index (χ0) is 11.1. The highest BCUT2D eigenvalue weighted by molar-refractivity contribution is 5.67. The van der Waals surface area contributed by atoms with E-state index in [4.69, 9.17) is 0 Å². The standard InChI is InChI=1S/C12H15NO2/c1-3-7-11(13-12(14)15-2)10-8-5-4-6-9-10/h3-6,8-9,11H,1,7H2,2H3,(H,13,14)/t11-/m1/s1. The number of hydrogen-bond acceptors (Lipinski definition) is 2. The molecule has 3 nitrogen and oxygen atoms in total. The molecule has 1 aromatic carbocycles. The summed E-state index contributed by atoms with van der Waals surface area (Å²) in [6.07, 6.45) is 2.03. The number of carbonyl (C=O) groups excluding carboxylic acids is 1. The number of methoxy groups -OCH3 is 1. The molecule has 1 rings (SSSR count). The summed E-state index contributed by atoms with van der Waals surface area (Å²) in [6, 6.07) is 9.66. The number of nitrogens with one attached hydrogen (secondary N) is 1. The van der Waals surface area contributed by atoms with Crippen LogP contribution in [0.4, 0.5) is 4.79 Å². The van der Waals surface area contributed by atoms with Crippen molar-refractivity contribution in [2.45, 2.75) is 12.5 Å². The van der Waals surface area contributed by atoms with E-state index in [1.165, 1.54) is 7.11 Å². The van der Waals surface area contributed by atoms with Crippen LogP contribution in [0.15, 0.2) is 43.0 Å². The van der Waals surface area contributed by atoms with Crippen LogP contribution in [-0.2, 0) is 4.74 Å². The molecule has 80 valence electrons. The average molecular weight is 205 g/mol. The second kappa shape index (κ2) is 5.86. The van der Waals surface area contributed by atoms with Gasteiger partial charge in [0.05, 0.1) is 13.2 Å². The van der Waals surface area contributed by atoms with Crippen molar-refractivity contribution in [1.82, 2.24) is 5.32 Å². The molecule has 0 unspecified atom stereocenters. The van der Waals surface area contributed by atoms with Gasteiger partial charge in [-0.2, -0.15) is 0 Å². The van der Waals surface area contributed by atoms with E-state index in [1.54, 1.807) is 6.08 Å². The Balaban J connectivity index is 2.74. The number of benzene rings is 1. The summed E-state index contributed by atoms with van der Waals surface area (Å²) in [6.45, 7) is 3.67. The van der Waals surface area contributed by atoms with Crippen LogP contribution in [0.5, 0.6) is 0 Å². The van der Waals surface area contributed by atoms with Gasteiger partial charge < -0.3 is 10.1 Å². The maximum absolute atomic E-state index is 11.1. The molecule has 0 aliphatic rings. The third-order valence-corrected chi connectivity index (χ3v) is 2.08. The lowest BCUT2D eigenvalue weighted by Crippen LogP contribution is -2.27. The van der Waals surface area contributed by atoms with E-state index >= 15 is 0 Å². The second-order valence-electron chi connectivity index (χ2n) is 3.12. The third kappa shape index (κ3) is 3.46. The first-order valence-electron chi connectivity index (χ1n) is 4.78. The largest absolute Gasteiger partial charge is 0.453 e. The zero-order valence-corrected chi connectivity index (χ0v) is 8.77. The first kappa shape index (κ1) is 11.3. The first-order valence-corrected chi connectivity index (χ1v) is 4.78. The molecule has 1 N–H and O–H groups in total. The van der Waals surface area contributed by atoms with Crippen LogP contribution in [-0.4, -0.2) is 13.2 Å². The molecule has 1 atom stereocenters. The van der Waals surface area contributed by atoms with Gasteiger partial charge in [-0.15, -0.1) is 6.58 Å². The van der Waals surface area contributed by atoms with Crippen molar-refractivity contribution in [3.8, 4) is 0 Å². The van der Waals surface area contributed by atoms with E-state index in [-0.39, 0.29) is 6.04 Å². The number of ether oxygens (including phenoxy) is 1. The lowest BCUT2D eigenvalue weighted by Gasteiger charge is -2.16. The van der Waals surface area contributed by atoms with Gasteiger partial charge in [-0.25, -0.2) is 4.79 Å². The van der Waals surface area contributed by atoms with E-state index in [9.17, 15) is 4.79 Å². The summed E-state index contributed by atoms with van der Waals surface area (Å²) in [5.74, 6) is 0. The molecule has 15 heavy (non-hydrogen) atoms. The summed E-state index contributed by atoms with van der Waals surface area (Å²) in [5, 5.41) is 2.75. The van der Waals surface area contributed by atoms with Crippen LogP contribution in [0.3, 0.4) is 0 Å². The SMILES string of the molecule is C=CC[C@@H](NC(=O)OC)c1ccccc1. The van der Waals surface area contributed by atoms with Crippen molar-refractivity contribution in [2.75, 3.05) is 7.11 Å². The van der Waals surface area contributed by atoms with E-state index in [2.05, 4.69) is 16.6 Å². The lowest BCUT2D eigenvalue weighted by molar-refractivity contribution is 0.166. The summed E-state index contributed by atoms with van der Waals surface area (Å²) in [7, 11) is 1.35. The van der Waals surface area contributed by atoms with Gasteiger partial charge in [-0.3, -0.25) is 0 Å². The van der Waals surface area contributed by atoms with E-state index in [1.807, 2.05) is 30.3 Å². The number of carbonyl (C=O) groups is 1. The number of rotatable bonds is 4. The summed E-state index contributed by atoms with van der Waals surface area (Å²) in [5.41, 5.74) is 1.04. The van der Waals surface area contributed by atoms with Gasteiger partial charge in [0.15, 0.2) is 0 Å². The quantitative estimate of drug-likeness (QED) is 0.767. The van der Waals surface area contributed by atoms with Gasteiger partial charge in [0, 0.05) is 0 Å². The molecule has 0 radical (unpaired) electrons. The van der Waals surface area contributed by atoms with Crippen LogP contribution in [0, 0.1) is 0 Å². The maximum atomic E-state index is 11.1. The monoisotopic (exact) mass is 205 g/mol. The Bertz CT molecular complexity index is 322. The van der Waals surface area contributed by atoms with Crippen LogP contribution in [0.2, 0.25) is 0 Å². The summed E-state index contributed by atoms with van der Waals surface area (Å²) >= 11 is 0. The van der Waals surface area contributed by atoms with Crippen molar-refractivity contribution >= 4 is 6.09 Å². The van der Waals surface area contributed by atoms with Crippen molar-refractivity contribution in [2.24, 2.45) is 0 Å². The fourth-order valence-corrected chi connectivity index (χ4v) is 1.33. The highest BCUT2D eigenvalue weighted by atomic mass is 16.5. The molecule has 1 aromatic rings. The van der Waals surface area contributed by atoms with Crippen LogP contribution >= 0.6 is 0 Å². The molecular weight excluding hydrogens is 190 g/mol. The van der Waals surface area contributed by atoms with E-state index < -0.39 is 6.09 Å².